The summed E-state index contributed by atoms with van der Waals surface area (Å²) >= 11 is 0. The molecule has 0 fully saturated rings. The first-order valence-electron chi connectivity index (χ1n) is 8.68. The van der Waals surface area contributed by atoms with Crippen LogP contribution in [0.1, 0.15) is 23.7 Å². The van der Waals surface area contributed by atoms with Gasteiger partial charge in [0.05, 0.1) is 12.3 Å². The first-order chi connectivity index (χ1) is 13.2. The maximum Gasteiger partial charge on any atom is 0.256 e. The van der Waals surface area contributed by atoms with Crippen LogP contribution in [0.5, 0.6) is 5.75 Å². The number of hydrogen-bond acceptors (Lipinski definition) is 4. The Morgan fingerprint density at radius 2 is 1.74 bits per heavy atom. The van der Waals surface area contributed by atoms with E-state index >= 15 is 0 Å². The van der Waals surface area contributed by atoms with Crippen LogP contribution in [-0.4, -0.2) is 17.5 Å². The molecule has 0 saturated heterocycles. The fraction of sp³-hybridized carbons (Fsp3) is 0.143. The number of pyridine rings is 1. The van der Waals surface area contributed by atoms with Crippen LogP contribution in [0.4, 0.5) is 21.7 Å². The van der Waals surface area contributed by atoms with E-state index in [9.17, 15) is 9.18 Å². The van der Waals surface area contributed by atoms with E-state index in [4.69, 9.17) is 4.74 Å². The summed E-state index contributed by atoms with van der Waals surface area (Å²) in [5.41, 5.74) is 0.809. The molecular weight excluding hydrogens is 345 g/mol. The van der Waals surface area contributed by atoms with Gasteiger partial charge in [-0.25, -0.2) is 9.37 Å². The molecule has 1 aromatic heterocycles. The Morgan fingerprint density at radius 3 is 2.48 bits per heavy atom. The number of ether oxygens (including phenoxy) is 1. The van der Waals surface area contributed by atoms with Crippen molar-refractivity contribution in [3.8, 4) is 5.75 Å². The SMILES string of the molecule is CCCOc1ccc(C(=O)Nc2cccc(Nc3ccccc3F)n2)cc1. The van der Waals surface area contributed by atoms with Crippen LogP contribution in [0, 0.1) is 5.82 Å². The zero-order valence-corrected chi connectivity index (χ0v) is 14.9. The van der Waals surface area contributed by atoms with Crippen molar-refractivity contribution in [2.75, 3.05) is 17.2 Å². The average molecular weight is 365 g/mol. The topological polar surface area (TPSA) is 63.2 Å². The summed E-state index contributed by atoms with van der Waals surface area (Å²) in [7, 11) is 0. The molecule has 0 radical (unpaired) electrons. The first-order valence-corrected chi connectivity index (χ1v) is 8.68. The second-order valence-corrected chi connectivity index (χ2v) is 5.84. The average Bonchev–Trinajstić information content (AvgIpc) is 2.69. The van der Waals surface area contributed by atoms with Crippen LogP contribution < -0.4 is 15.4 Å². The van der Waals surface area contributed by atoms with E-state index in [2.05, 4.69) is 15.6 Å². The van der Waals surface area contributed by atoms with Crippen molar-refractivity contribution in [2.45, 2.75) is 13.3 Å². The molecule has 0 bridgehead atoms. The van der Waals surface area contributed by atoms with Gasteiger partial charge in [0.15, 0.2) is 0 Å². The third-order valence-corrected chi connectivity index (χ3v) is 3.72. The monoisotopic (exact) mass is 365 g/mol. The van der Waals surface area contributed by atoms with Crippen LogP contribution in [0.15, 0.2) is 66.7 Å². The number of aromatic nitrogens is 1. The fourth-order valence-corrected chi connectivity index (χ4v) is 2.39. The largest absolute Gasteiger partial charge is 0.494 e. The number of nitrogens with one attached hydrogen (secondary N) is 2. The zero-order valence-electron chi connectivity index (χ0n) is 14.9. The standard InChI is InChI=1S/C21H20FN3O2/c1-2-14-27-16-12-10-15(11-13-16)21(26)25-20-9-5-8-19(24-20)23-18-7-4-3-6-17(18)22/h3-13H,2,14H2,1H3,(H2,23,24,25,26). The summed E-state index contributed by atoms with van der Waals surface area (Å²) < 4.78 is 19.3. The van der Waals surface area contributed by atoms with Crippen molar-refractivity contribution in [3.63, 3.8) is 0 Å². The number of hydrogen-bond donors (Lipinski definition) is 2. The summed E-state index contributed by atoms with van der Waals surface area (Å²) in [5.74, 6) is 0.864. The molecule has 6 heteroatoms. The summed E-state index contributed by atoms with van der Waals surface area (Å²) in [6.45, 7) is 2.67. The molecule has 0 aliphatic carbocycles. The lowest BCUT2D eigenvalue weighted by atomic mass is 10.2. The molecule has 27 heavy (non-hydrogen) atoms. The maximum atomic E-state index is 13.7. The van der Waals surface area contributed by atoms with E-state index in [1.165, 1.54) is 6.07 Å². The predicted octanol–water partition coefficient (Wildman–Crippen LogP) is 5.01. The Balaban J connectivity index is 1.67. The molecule has 0 unspecified atom stereocenters. The van der Waals surface area contributed by atoms with Gasteiger partial charge in [0, 0.05) is 5.56 Å². The minimum absolute atomic E-state index is 0.285. The molecule has 0 aliphatic heterocycles. The quantitative estimate of drug-likeness (QED) is 0.618. The highest BCUT2D eigenvalue weighted by atomic mass is 19.1. The van der Waals surface area contributed by atoms with Crippen molar-refractivity contribution in [2.24, 2.45) is 0 Å². The molecule has 1 amide bonds. The number of amides is 1. The smallest absolute Gasteiger partial charge is 0.256 e. The van der Waals surface area contributed by atoms with Gasteiger partial charge in [-0.2, -0.15) is 0 Å². The number of halogens is 1. The highest BCUT2D eigenvalue weighted by Crippen LogP contribution is 2.20. The Labute approximate surface area is 157 Å². The summed E-state index contributed by atoms with van der Waals surface area (Å²) in [6.07, 6.45) is 0.922. The van der Waals surface area contributed by atoms with Crippen LogP contribution in [-0.2, 0) is 0 Å². The predicted molar refractivity (Wildman–Crippen MR) is 104 cm³/mol. The number of para-hydroxylation sites is 1. The van der Waals surface area contributed by atoms with Gasteiger partial charge in [-0.15, -0.1) is 0 Å². The minimum atomic E-state index is -0.376. The van der Waals surface area contributed by atoms with Crippen molar-refractivity contribution >= 4 is 23.2 Å². The van der Waals surface area contributed by atoms with Crippen LogP contribution in [0.3, 0.4) is 0 Å². The van der Waals surface area contributed by atoms with Gasteiger partial charge in [0.2, 0.25) is 0 Å². The lowest BCUT2D eigenvalue weighted by Gasteiger charge is -2.10. The Bertz CT molecular complexity index is 913. The molecule has 138 valence electrons. The van der Waals surface area contributed by atoms with E-state index < -0.39 is 0 Å². The Hall–Kier alpha value is -3.41. The highest BCUT2D eigenvalue weighted by molar-refractivity contribution is 6.03. The third-order valence-electron chi connectivity index (χ3n) is 3.72. The second kappa shape index (κ2) is 8.80. The summed E-state index contributed by atoms with van der Waals surface area (Å²) in [6, 6.07) is 18.3. The van der Waals surface area contributed by atoms with Crippen LogP contribution in [0.25, 0.3) is 0 Å². The van der Waals surface area contributed by atoms with Crippen LogP contribution in [0.2, 0.25) is 0 Å². The number of nitrogens with zero attached hydrogens (tertiary/aromatic N) is 1. The normalized spacial score (nSPS) is 10.3. The molecule has 3 rings (SSSR count). The number of benzene rings is 2. The zero-order chi connectivity index (χ0) is 19.1. The van der Waals surface area contributed by atoms with Gasteiger partial charge in [0.25, 0.3) is 5.91 Å². The van der Waals surface area contributed by atoms with Crippen molar-refractivity contribution in [3.05, 3.63) is 78.1 Å². The van der Waals surface area contributed by atoms with Gasteiger partial charge in [-0.05, 0) is 55.0 Å². The minimum Gasteiger partial charge on any atom is -0.494 e. The lowest BCUT2D eigenvalue weighted by molar-refractivity contribution is 0.102. The number of carbonyl (C=O) groups excluding carboxylic acids is 1. The molecule has 0 aliphatic rings. The van der Waals surface area contributed by atoms with Crippen LogP contribution >= 0.6 is 0 Å². The number of anilines is 3. The Kier molecular flexibility index (Phi) is 5.99. The van der Waals surface area contributed by atoms with Gasteiger partial charge in [-0.1, -0.05) is 25.1 Å². The van der Waals surface area contributed by atoms with E-state index in [1.54, 1.807) is 60.7 Å². The van der Waals surface area contributed by atoms with Crippen molar-refractivity contribution in [1.82, 2.24) is 4.98 Å². The maximum absolute atomic E-state index is 13.7. The molecule has 0 spiro atoms. The second-order valence-electron chi connectivity index (χ2n) is 5.84. The number of carbonyl (C=O) groups is 1. The molecule has 2 aromatic carbocycles. The molecule has 3 aromatic rings. The molecule has 2 N–H and O–H groups in total. The van der Waals surface area contributed by atoms with E-state index in [-0.39, 0.29) is 11.7 Å². The van der Waals surface area contributed by atoms with Gasteiger partial charge < -0.3 is 15.4 Å². The fourth-order valence-electron chi connectivity index (χ4n) is 2.39. The summed E-state index contributed by atoms with van der Waals surface area (Å²) in [4.78, 5) is 16.7. The van der Waals surface area contributed by atoms with Gasteiger partial charge in [-0.3, -0.25) is 4.79 Å². The highest BCUT2D eigenvalue weighted by Gasteiger charge is 2.08. The van der Waals surface area contributed by atoms with Crippen molar-refractivity contribution in [1.29, 1.82) is 0 Å². The van der Waals surface area contributed by atoms with Crippen molar-refractivity contribution < 1.29 is 13.9 Å². The van der Waals surface area contributed by atoms with Gasteiger partial charge in [0.1, 0.15) is 23.2 Å². The molecule has 1 heterocycles. The first kappa shape index (κ1) is 18.4. The lowest BCUT2D eigenvalue weighted by Crippen LogP contribution is -2.13. The number of rotatable bonds is 7. The summed E-state index contributed by atoms with van der Waals surface area (Å²) in [5, 5.41) is 5.64. The van der Waals surface area contributed by atoms with E-state index in [1.807, 2.05) is 6.92 Å². The van der Waals surface area contributed by atoms with E-state index in [0.717, 1.165) is 12.2 Å². The van der Waals surface area contributed by atoms with Gasteiger partial charge >= 0.3 is 0 Å². The molecule has 0 saturated carbocycles. The Morgan fingerprint density at radius 1 is 1.00 bits per heavy atom. The third kappa shape index (κ3) is 5.04. The van der Waals surface area contributed by atoms with E-state index in [0.29, 0.717) is 29.5 Å². The molecule has 0 atom stereocenters. The molecule has 5 nitrogen and oxygen atoms in total. The molecular formula is C21H20FN3O2.